The number of nitrogens with one attached hydrogen (secondary N) is 2. The summed E-state index contributed by atoms with van der Waals surface area (Å²) in [6.07, 6.45) is 3.54. The van der Waals surface area contributed by atoms with Gasteiger partial charge in [-0.3, -0.25) is 5.10 Å². The Kier molecular flexibility index (Phi) is 3.15. The van der Waals surface area contributed by atoms with Crippen LogP contribution >= 0.6 is 0 Å². The summed E-state index contributed by atoms with van der Waals surface area (Å²) >= 11 is 0. The third kappa shape index (κ3) is 2.30. The van der Waals surface area contributed by atoms with Crippen LogP contribution in [0.3, 0.4) is 0 Å². The second-order valence-corrected chi connectivity index (χ2v) is 5.25. The number of fused-ring (bicyclic) bond motifs is 1. The molecule has 2 N–H and O–H groups in total. The summed E-state index contributed by atoms with van der Waals surface area (Å²) in [6.45, 7) is 1.02. The highest BCUT2D eigenvalue weighted by atomic mass is 15.2. The van der Waals surface area contributed by atoms with Gasteiger partial charge in [-0.25, -0.2) is 0 Å². The predicted molar refractivity (Wildman–Crippen MR) is 79.8 cm³/mol. The molecule has 0 atom stereocenters. The third-order valence-electron chi connectivity index (χ3n) is 3.66. The van der Waals surface area contributed by atoms with Crippen LogP contribution in [0.15, 0.2) is 24.3 Å². The van der Waals surface area contributed by atoms with E-state index in [-0.39, 0.29) is 0 Å². The van der Waals surface area contributed by atoms with Gasteiger partial charge in [-0.1, -0.05) is 12.1 Å². The van der Waals surface area contributed by atoms with Gasteiger partial charge in [0.1, 0.15) is 0 Å². The van der Waals surface area contributed by atoms with E-state index in [0.29, 0.717) is 0 Å². The van der Waals surface area contributed by atoms with E-state index in [1.807, 2.05) is 0 Å². The van der Waals surface area contributed by atoms with Gasteiger partial charge in [-0.05, 0) is 31.4 Å². The fourth-order valence-electron chi connectivity index (χ4n) is 2.57. The highest BCUT2D eigenvalue weighted by Gasteiger charge is 2.16. The van der Waals surface area contributed by atoms with Crippen LogP contribution < -0.4 is 10.2 Å². The molecule has 2 heterocycles. The Morgan fingerprint density at radius 2 is 2.11 bits per heavy atom. The number of benzene rings is 1. The smallest absolute Gasteiger partial charge is 0.151 e. The van der Waals surface area contributed by atoms with Crippen LogP contribution in [0.1, 0.15) is 18.4 Å². The van der Waals surface area contributed by atoms with Crippen molar-refractivity contribution in [2.45, 2.75) is 19.3 Å². The van der Waals surface area contributed by atoms with Crippen LogP contribution in [0.4, 0.5) is 11.5 Å². The molecule has 1 aliphatic heterocycles. The molecule has 0 fully saturated rings. The molecule has 0 unspecified atom stereocenters. The first-order valence-electron chi connectivity index (χ1n) is 6.84. The molecule has 19 heavy (non-hydrogen) atoms. The van der Waals surface area contributed by atoms with Crippen LogP contribution in [-0.2, 0) is 6.42 Å². The summed E-state index contributed by atoms with van der Waals surface area (Å²) in [5.74, 6) is 1.03. The molecular formula is C15H20N4. The first-order valence-corrected chi connectivity index (χ1v) is 6.84. The lowest BCUT2D eigenvalue weighted by Gasteiger charge is -2.13. The molecule has 1 aromatic heterocycles. The number of hydrogen-bond donors (Lipinski definition) is 2. The summed E-state index contributed by atoms with van der Waals surface area (Å²) < 4.78 is 0. The van der Waals surface area contributed by atoms with Gasteiger partial charge in [0.05, 0.1) is 5.69 Å². The molecule has 2 aromatic rings. The molecule has 0 saturated heterocycles. The predicted octanol–water partition coefficient (Wildman–Crippen LogP) is 2.89. The Balaban J connectivity index is 2.02. The van der Waals surface area contributed by atoms with Crippen LogP contribution in [-0.4, -0.2) is 30.8 Å². The Hall–Kier alpha value is -1.97. The zero-order valence-corrected chi connectivity index (χ0v) is 11.5. The summed E-state index contributed by atoms with van der Waals surface area (Å²) in [5, 5.41) is 11.0. The number of aromatic amines is 1. The average Bonchev–Trinajstić information content (AvgIpc) is 2.68. The number of H-pyrrole nitrogens is 1. The van der Waals surface area contributed by atoms with E-state index in [1.165, 1.54) is 29.7 Å². The van der Waals surface area contributed by atoms with Gasteiger partial charge in [-0.15, -0.1) is 0 Å². The van der Waals surface area contributed by atoms with Crippen molar-refractivity contribution in [3.8, 4) is 11.3 Å². The molecule has 1 aliphatic rings. The van der Waals surface area contributed by atoms with Gasteiger partial charge in [0.25, 0.3) is 0 Å². The maximum absolute atomic E-state index is 4.42. The van der Waals surface area contributed by atoms with Crippen molar-refractivity contribution in [2.75, 3.05) is 30.9 Å². The van der Waals surface area contributed by atoms with E-state index in [0.717, 1.165) is 24.5 Å². The lowest BCUT2D eigenvalue weighted by molar-refractivity contribution is 0.783. The highest BCUT2D eigenvalue weighted by molar-refractivity contribution is 5.72. The van der Waals surface area contributed by atoms with Gasteiger partial charge >= 0.3 is 0 Å². The van der Waals surface area contributed by atoms with E-state index in [4.69, 9.17) is 0 Å². The minimum Gasteiger partial charge on any atom is -0.378 e. The molecule has 4 nitrogen and oxygen atoms in total. The van der Waals surface area contributed by atoms with Crippen LogP contribution in [0.25, 0.3) is 11.3 Å². The summed E-state index contributed by atoms with van der Waals surface area (Å²) in [5.41, 5.74) is 4.91. The molecule has 0 spiro atoms. The van der Waals surface area contributed by atoms with Crippen LogP contribution in [0.5, 0.6) is 0 Å². The first-order chi connectivity index (χ1) is 9.25. The minimum absolute atomic E-state index is 1.02. The molecular weight excluding hydrogens is 236 g/mol. The third-order valence-corrected chi connectivity index (χ3v) is 3.66. The molecule has 0 aliphatic carbocycles. The van der Waals surface area contributed by atoms with Crippen molar-refractivity contribution in [1.82, 2.24) is 10.2 Å². The molecule has 3 rings (SSSR count). The zero-order chi connectivity index (χ0) is 13.2. The highest BCUT2D eigenvalue weighted by Crippen LogP contribution is 2.31. The van der Waals surface area contributed by atoms with Crippen LogP contribution in [0, 0.1) is 0 Å². The molecule has 0 bridgehead atoms. The molecule has 0 saturated carbocycles. The van der Waals surface area contributed by atoms with Crippen molar-refractivity contribution in [2.24, 2.45) is 0 Å². The number of aromatic nitrogens is 2. The van der Waals surface area contributed by atoms with Gasteiger partial charge in [0.2, 0.25) is 0 Å². The quantitative estimate of drug-likeness (QED) is 0.868. The lowest BCUT2D eigenvalue weighted by Crippen LogP contribution is -2.08. The van der Waals surface area contributed by atoms with Gasteiger partial charge < -0.3 is 10.2 Å². The number of rotatable bonds is 2. The number of nitrogens with zero attached hydrogens (tertiary/aromatic N) is 2. The zero-order valence-electron chi connectivity index (χ0n) is 11.5. The molecule has 4 heteroatoms. The van der Waals surface area contributed by atoms with Crippen LogP contribution in [0.2, 0.25) is 0 Å². The van der Waals surface area contributed by atoms with Crippen molar-refractivity contribution in [3.63, 3.8) is 0 Å². The number of hydrogen-bond acceptors (Lipinski definition) is 3. The molecule has 0 radical (unpaired) electrons. The van der Waals surface area contributed by atoms with Crippen molar-refractivity contribution < 1.29 is 0 Å². The van der Waals surface area contributed by atoms with Crippen molar-refractivity contribution in [3.05, 3.63) is 29.8 Å². The molecule has 0 amide bonds. The van der Waals surface area contributed by atoms with E-state index in [1.54, 1.807) is 0 Å². The van der Waals surface area contributed by atoms with Gasteiger partial charge in [0, 0.05) is 37.5 Å². The van der Waals surface area contributed by atoms with Gasteiger partial charge in [-0.2, -0.15) is 5.10 Å². The summed E-state index contributed by atoms with van der Waals surface area (Å²) in [4.78, 5) is 2.12. The average molecular weight is 256 g/mol. The Labute approximate surface area is 113 Å². The normalized spacial score (nSPS) is 14.4. The molecule has 100 valence electrons. The SMILES string of the molecule is CN(C)c1cccc(-c2[nH]nc3c2CCCCN3)c1. The van der Waals surface area contributed by atoms with Crippen molar-refractivity contribution >= 4 is 11.5 Å². The summed E-state index contributed by atoms with van der Waals surface area (Å²) in [7, 11) is 4.13. The second kappa shape index (κ2) is 4.96. The topological polar surface area (TPSA) is 44.0 Å². The van der Waals surface area contributed by atoms with Gasteiger partial charge in [0.15, 0.2) is 5.82 Å². The Morgan fingerprint density at radius 1 is 1.21 bits per heavy atom. The van der Waals surface area contributed by atoms with Crippen molar-refractivity contribution in [1.29, 1.82) is 0 Å². The number of anilines is 2. The monoisotopic (exact) mass is 256 g/mol. The fourth-order valence-corrected chi connectivity index (χ4v) is 2.57. The minimum atomic E-state index is 1.02. The van der Waals surface area contributed by atoms with E-state index in [9.17, 15) is 0 Å². The maximum atomic E-state index is 4.42. The Morgan fingerprint density at radius 3 is 2.95 bits per heavy atom. The fraction of sp³-hybridized carbons (Fsp3) is 0.400. The second-order valence-electron chi connectivity index (χ2n) is 5.25. The largest absolute Gasteiger partial charge is 0.378 e. The Bertz CT molecular complexity index is 571. The maximum Gasteiger partial charge on any atom is 0.151 e. The lowest BCUT2D eigenvalue weighted by atomic mass is 10.0. The standard InChI is InChI=1S/C15H20N4/c1-19(2)12-7-5-6-11(10-12)14-13-8-3-4-9-16-15(13)18-17-14/h5-7,10H,3-4,8-9H2,1-2H3,(H2,16,17,18). The first kappa shape index (κ1) is 12.1. The summed E-state index contributed by atoms with van der Waals surface area (Å²) in [6, 6.07) is 8.57. The van der Waals surface area contributed by atoms with E-state index >= 15 is 0 Å². The van der Waals surface area contributed by atoms with E-state index in [2.05, 4.69) is 58.8 Å². The molecule has 1 aromatic carbocycles. The van der Waals surface area contributed by atoms with E-state index < -0.39 is 0 Å².